The van der Waals surface area contributed by atoms with E-state index in [4.69, 9.17) is 10.5 Å². The lowest BCUT2D eigenvalue weighted by Crippen LogP contribution is -2.28. The highest BCUT2D eigenvalue weighted by Crippen LogP contribution is 2.32. The summed E-state index contributed by atoms with van der Waals surface area (Å²) in [6, 6.07) is 2.93. The average molecular weight is 318 g/mol. The minimum absolute atomic E-state index is 0.0568. The van der Waals surface area contributed by atoms with Crippen molar-refractivity contribution in [2.75, 3.05) is 5.32 Å². The van der Waals surface area contributed by atoms with Gasteiger partial charge >= 0.3 is 12.3 Å². The molecule has 0 heterocycles. The van der Waals surface area contributed by atoms with Crippen molar-refractivity contribution in [3.63, 3.8) is 0 Å². The molecule has 0 unspecified atom stereocenters. The predicted octanol–water partition coefficient (Wildman–Crippen LogP) is 3.94. The second kappa shape index (κ2) is 6.56. The van der Waals surface area contributed by atoms with Crippen LogP contribution in [0.1, 0.15) is 38.8 Å². The summed E-state index contributed by atoms with van der Waals surface area (Å²) in [6.07, 6.45) is -4.96. The maximum Gasteiger partial charge on any atom is 0.416 e. The molecule has 0 aliphatic carbocycles. The van der Waals surface area contributed by atoms with Gasteiger partial charge in [-0.1, -0.05) is 6.07 Å². The van der Waals surface area contributed by atoms with Crippen LogP contribution in [-0.2, 0) is 17.3 Å². The van der Waals surface area contributed by atoms with E-state index in [0.717, 1.165) is 12.1 Å². The summed E-state index contributed by atoms with van der Waals surface area (Å²) in [4.78, 5) is 11.8. The lowest BCUT2D eigenvalue weighted by atomic mass is 10.0. The summed E-state index contributed by atoms with van der Waals surface area (Å²) in [5.74, 6) is 0. The third-order valence-corrected chi connectivity index (χ3v) is 2.61. The number of halogens is 3. The van der Waals surface area contributed by atoms with E-state index in [1.807, 2.05) is 0 Å². The van der Waals surface area contributed by atoms with Crippen molar-refractivity contribution in [2.24, 2.45) is 5.73 Å². The highest BCUT2D eigenvalue weighted by atomic mass is 19.4. The molecule has 1 aromatic carbocycles. The number of rotatable bonds is 3. The van der Waals surface area contributed by atoms with E-state index >= 15 is 0 Å². The Hall–Kier alpha value is -1.76. The molecule has 4 nitrogen and oxygen atoms in total. The zero-order valence-corrected chi connectivity index (χ0v) is 13.0. The van der Waals surface area contributed by atoms with Crippen LogP contribution in [0.25, 0.3) is 0 Å². The molecule has 1 rings (SSSR count). The molecule has 0 aromatic heterocycles. The zero-order chi connectivity index (χ0) is 17.1. The summed E-state index contributed by atoms with van der Waals surface area (Å²) in [7, 11) is 0. The van der Waals surface area contributed by atoms with E-state index in [1.54, 1.807) is 27.7 Å². The number of hydrogen-bond donors (Lipinski definition) is 2. The van der Waals surface area contributed by atoms with Crippen molar-refractivity contribution in [2.45, 2.75) is 51.9 Å². The number of nitrogens with one attached hydrogen (secondary N) is 1. The monoisotopic (exact) mass is 318 g/mol. The number of alkyl halides is 3. The Kier molecular flexibility index (Phi) is 5.45. The van der Waals surface area contributed by atoms with Crippen LogP contribution >= 0.6 is 0 Å². The van der Waals surface area contributed by atoms with E-state index in [0.29, 0.717) is 12.0 Å². The SMILES string of the molecule is C[C@@H](N)Cc1ccc(C(F)(F)F)cc1NC(=O)OC(C)(C)C. The van der Waals surface area contributed by atoms with Crippen LogP contribution < -0.4 is 11.1 Å². The Balaban J connectivity index is 3.09. The normalized spacial score (nSPS) is 13.6. The predicted molar refractivity (Wildman–Crippen MR) is 78.7 cm³/mol. The molecule has 0 radical (unpaired) electrons. The number of carbonyl (C=O) groups is 1. The second-order valence-corrected chi connectivity index (χ2v) is 6.18. The lowest BCUT2D eigenvalue weighted by molar-refractivity contribution is -0.137. The first-order valence-corrected chi connectivity index (χ1v) is 6.84. The Morgan fingerprint density at radius 2 is 1.91 bits per heavy atom. The number of nitrogens with two attached hydrogens (primary N) is 1. The number of amides is 1. The highest BCUT2D eigenvalue weighted by molar-refractivity contribution is 5.86. The van der Waals surface area contributed by atoms with E-state index in [1.165, 1.54) is 6.07 Å². The molecule has 0 aliphatic rings. The number of carbonyl (C=O) groups excluding carboxylic acids is 1. The van der Waals surface area contributed by atoms with Gasteiger partial charge in [0.05, 0.1) is 5.56 Å². The van der Waals surface area contributed by atoms with Crippen LogP contribution in [0.2, 0.25) is 0 Å². The molecule has 0 saturated carbocycles. The molecular weight excluding hydrogens is 297 g/mol. The Labute approximate surface area is 127 Å². The van der Waals surface area contributed by atoms with Crippen molar-refractivity contribution >= 4 is 11.8 Å². The largest absolute Gasteiger partial charge is 0.444 e. The fourth-order valence-corrected chi connectivity index (χ4v) is 1.81. The minimum Gasteiger partial charge on any atom is -0.444 e. The topological polar surface area (TPSA) is 64.3 Å². The van der Waals surface area contributed by atoms with Crippen molar-refractivity contribution in [3.8, 4) is 0 Å². The standard InChI is InChI=1S/C15H21F3N2O2/c1-9(19)7-10-5-6-11(15(16,17)18)8-12(10)20-13(21)22-14(2,3)4/h5-6,8-9H,7,19H2,1-4H3,(H,20,21)/t9-/m1/s1. The molecule has 0 fully saturated rings. The van der Waals surface area contributed by atoms with Crippen LogP contribution in [0.15, 0.2) is 18.2 Å². The molecule has 0 saturated heterocycles. The van der Waals surface area contributed by atoms with Gasteiger partial charge in [-0.3, -0.25) is 5.32 Å². The zero-order valence-electron chi connectivity index (χ0n) is 13.0. The first kappa shape index (κ1) is 18.3. The van der Waals surface area contributed by atoms with E-state index < -0.39 is 23.4 Å². The van der Waals surface area contributed by atoms with Crippen LogP contribution in [0, 0.1) is 0 Å². The summed E-state index contributed by atoms with van der Waals surface area (Å²) in [6.45, 7) is 6.74. The average Bonchev–Trinajstić information content (AvgIpc) is 2.26. The maximum absolute atomic E-state index is 12.8. The molecule has 7 heteroatoms. The van der Waals surface area contributed by atoms with Gasteiger partial charge in [0.15, 0.2) is 0 Å². The van der Waals surface area contributed by atoms with Gasteiger partial charge in [0.1, 0.15) is 5.60 Å². The molecule has 0 aliphatic heterocycles. The summed E-state index contributed by atoms with van der Waals surface area (Å²) in [5.41, 5.74) is 4.68. The molecule has 1 amide bonds. The van der Waals surface area contributed by atoms with E-state index in [2.05, 4.69) is 5.32 Å². The highest BCUT2D eigenvalue weighted by Gasteiger charge is 2.31. The van der Waals surface area contributed by atoms with E-state index in [-0.39, 0.29) is 11.7 Å². The van der Waals surface area contributed by atoms with E-state index in [9.17, 15) is 18.0 Å². The van der Waals surface area contributed by atoms with Crippen molar-refractivity contribution in [1.29, 1.82) is 0 Å². The third-order valence-electron chi connectivity index (χ3n) is 2.61. The number of anilines is 1. The Morgan fingerprint density at radius 3 is 2.36 bits per heavy atom. The fraction of sp³-hybridized carbons (Fsp3) is 0.533. The molecule has 1 aromatic rings. The van der Waals surface area contributed by atoms with Gasteiger partial charge in [0, 0.05) is 11.7 Å². The van der Waals surface area contributed by atoms with Gasteiger partial charge < -0.3 is 10.5 Å². The van der Waals surface area contributed by atoms with Crippen molar-refractivity contribution in [3.05, 3.63) is 29.3 Å². The molecular formula is C15H21F3N2O2. The summed E-state index contributed by atoms with van der Waals surface area (Å²) < 4.78 is 43.5. The number of benzene rings is 1. The number of hydrogen-bond acceptors (Lipinski definition) is 3. The van der Waals surface area contributed by atoms with Gasteiger partial charge in [-0.15, -0.1) is 0 Å². The van der Waals surface area contributed by atoms with Crippen LogP contribution in [-0.4, -0.2) is 17.7 Å². The summed E-state index contributed by atoms with van der Waals surface area (Å²) in [5, 5.41) is 2.37. The van der Waals surface area contributed by atoms with Crippen LogP contribution in [0.4, 0.5) is 23.7 Å². The molecule has 22 heavy (non-hydrogen) atoms. The lowest BCUT2D eigenvalue weighted by Gasteiger charge is -2.21. The molecule has 124 valence electrons. The van der Waals surface area contributed by atoms with Crippen molar-refractivity contribution < 1.29 is 22.7 Å². The van der Waals surface area contributed by atoms with Crippen molar-refractivity contribution in [1.82, 2.24) is 0 Å². The first-order valence-electron chi connectivity index (χ1n) is 6.84. The quantitative estimate of drug-likeness (QED) is 0.887. The first-order chi connectivity index (χ1) is 9.88. The number of ether oxygens (including phenoxy) is 1. The summed E-state index contributed by atoms with van der Waals surface area (Å²) >= 11 is 0. The third kappa shape index (κ3) is 5.93. The molecule has 0 spiro atoms. The second-order valence-electron chi connectivity index (χ2n) is 6.18. The Bertz CT molecular complexity index is 535. The smallest absolute Gasteiger partial charge is 0.416 e. The van der Waals surface area contributed by atoms with Crippen LogP contribution in [0.3, 0.4) is 0 Å². The van der Waals surface area contributed by atoms with Gasteiger partial charge in [0.25, 0.3) is 0 Å². The van der Waals surface area contributed by atoms with Crippen LogP contribution in [0.5, 0.6) is 0 Å². The van der Waals surface area contributed by atoms with Gasteiger partial charge in [-0.05, 0) is 51.8 Å². The van der Waals surface area contributed by atoms with Gasteiger partial charge in [0.2, 0.25) is 0 Å². The molecule has 3 N–H and O–H groups in total. The maximum atomic E-state index is 12.8. The minimum atomic E-state index is -4.49. The molecule has 1 atom stereocenters. The fourth-order valence-electron chi connectivity index (χ4n) is 1.81. The van der Waals surface area contributed by atoms with Gasteiger partial charge in [-0.2, -0.15) is 13.2 Å². The Morgan fingerprint density at radius 1 is 1.32 bits per heavy atom. The van der Waals surface area contributed by atoms with Gasteiger partial charge in [-0.25, -0.2) is 4.79 Å². The molecule has 0 bridgehead atoms.